The van der Waals surface area contributed by atoms with E-state index in [-0.39, 0.29) is 0 Å². The first-order valence-electron chi connectivity index (χ1n) is 6.75. The first kappa shape index (κ1) is 17.8. The Hall–Kier alpha value is -1.21. The molecule has 2 aromatic carbocycles. The van der Waals surface area contributed by atoms with Crippen LogP contribution in [0.25, 0.3) is 0 Å². The van der Waals surface area contributed by atoms with Gasteiger partial charge in [0.25, 0.3) is 0 Å². The fourth-order valence-corrected chi connectivity index (χ4v) is 2.34. The summed E-state index contributed by atoms with van der Waals surface area (Å²) >= 11 is 0. The normalized spacial score (nSPS) is 10.4. The molecule has 1 heteroatoms. The topological polar surface area (TPSA) is 0 Å². The Labute approximate surface area is 121 Å². The molecule has 0 nitrogen and oxygen atoms in total. The van der Waals surface area contributed by atoms with E-state index in [1.165, 1.54) is 10.5 Å². The second-order valence-corrected chi connectivity index (χ2v) is 8.95. The van der Waals surface area contributed by atoms with E-state index < -0.39 is 10.0 Å². The molecule has 0 aliphatic rings. The molecule has 0 saturated heterocycles. The zero-order valence-corrected chi connectivity index (χ0v) is 14.0. The lowest BCUT2D eigenvalue weighted by atomic mass is 10.2. The molecule has 0 heterocycles. The Morgan fingerprint density at radius 3 is 1.21 bits per heavy atom. The van der Waals surface area contributed by atoms with Gasteiger partial charge in [-0.05, 0) is 30.6 Å². The van der Waals surface area contributed by atoms with Crippen LogP contribution in [0, 0.1) is 6.92 Å². The summed E-state index contributed by atoms with van der Waals surface area (Å²) in [6.07, 6.45) is 6.92. The van der Waals surface area contributed by atoms with Crippen molar-refractivity contribution in [3.8, 4) is 0 Å². The monoisotopic (exact) mass is 276 g/mol. The van der Waals surface area contributed by atoms with Crippen molar-refractivity contribution in [2.75, 3.05) is 18.8 Å². The molecular formula is C18H28S. The Kier molecular flexibility index (Phi) is 9.07. The van der Waals surface area contributed by atoms with Crippen LogP contribution in [-0.4, -0.2) is 18.8 Å². The van der Waals surface area contributed by atoms with Crippen LogP contribution in [0.3, 0.4) is 0 Å². The molecule has 0 amide bonds. The van der Waals surface area contributed by atoms with Crippen LogP contribution in [-0.2, 0) is 0 Å². The van der Waals surface area contributed by atoms with Crippen molar-refractivity contribution in [1.29, 1.82) is 0 Å². The van der Waals surface area contributed by atoms with Gasteiger partial charge in [-0.2, -0.15) is 0 Å². The molecule has 19 heavy (non-hydrogen) atoms. The summed E-state index contributed by atoms with van der Waals surface area (Å²) in [5.41, 5.74) is 1.32. The van der Waals surface area contributed by atoms with Crippen molar-refractivity contribution in [3.63, 3.8) is 0 Å². The third-order valence-electron chi connectivity index (χ3n) is 2.39. The predicted octanol–water partition coefficient (Wildman–Crippen LogP) is 5.76. The lowest BCUT2D eigenvalue weighted by Gasteiger charge is -2.25. The van der Waals surface area contributed by atoms with Gasteiger partial charge in [0.05, 0.1) is 0 Å². The summed E-state index contributed by atoms with van der Waals surface area (Å²) in [5, 5.41) is 0. The van der Waals surface area contributed by atoms with Crippen LogP contribution in [0.5, 0.6) is 0 Å². The third-order valence-corrected chi connectivity index (χ3v) is 4.08. The maximum absolute atomic E-state index is 2.31. The SMILES string of the molecule is CC.CS(C)(C)c1ccccc1.Cc1ccccc1. The van der Waals surface area contributed by atoms with Crippen molar-refractivity contribution >= 4 is 10.0 Å². The molecule has 2 rings (SSSR count). The molecule has 106 valence electrons. The van der Waals surface area contributed by atoms with Gasteiger partial charge in [0.1, 0.15) is 0 Å². The summed E-state index contributed by atoms with van der Waals surface area (Å²) in [7, 11) is -0.503. The van der Waals surface area contributed by atoms with Gasteiger partial charge in [-0.1, -0.05) is 80.1 Å². The average molecular weight is 276 g/mol. The molecule has 0 aliphatic carbocycles. The van der Waals surface area contributed by atoms with Crippen LogP contribution >= 0.6 is 10.0 Å². The Morgan fingerprint density at radius 1 is 0.632 bits per heavy atom. The first-order chi connectivity index (χ1) is 9.00. The minimum atomic E-state index is -0.503. The highest BCUT2D eigenvalue weighted by atomic mass is 32.3. The van der Waals surface area contributed by atoms with Crippen LogP contribution in [0.1, 0.15) is 19.4 Å². The maximum Gasteiger partial charge on any atom is -0.0106 e. The van der Waals surface area contributed by atoms with Crippen LogP contribution < -0.4 is 0 Å². The Bertz CT molecular complexity index is 412. The zero-order valence-electron chi connectivity index (χ0n) is 13.2. The molecular weight excluding hydrogens is 248 g/mol. The molecule has 0 N–H and O–H groups in total. The second kappa shape index (κ2) is 9.69. The van der Waals surface area contributed by atoms with Crippen molar-refractivity contribution in [1.82, 2.24) is 0 Å². The van der Waals surface area contributed by atoms with E-state index >= 15 is 0 Å². The lowest BCUT2D eigenvalue weighted by molar-refractivity contribution is 1.44. The number of aryl methyl sites for hydroxylation is 1. The van der Waals surface area contributed by atoms with E-state index in [2.05, 4.69) is 68.2 Å². The van der Waals surface area contributed by atoms with Crippen LogP contribution in [0.15, 0.2) is 65.6 Å². The van der Waals surface area contributed by atoms with Crippen molar-refractivity contribution < 1.29 is 0 Å². The molecule has 0 atom stereocenters. The summed E-state index contributed by atoms with van der Waals surface area (Å²) in [4.78, 5) is 1.48. The molecule has 0 radical (unpaired) electrons. The minimum absolute atomic E-state index is 0.503. The van der Waals surface area contributed by atoms with E-state index in [1.54, 1.807) is 0 Å². The van der Waals surface area contributed by atoms with E-state index in [4.69, 9.17) is 0 Å². The average Bonchev–Trinajstić information content (AvgIpc) is 2.43. The van der Waals surface area contributed by atoms with Crippen LogP contribution in [0.4, 0.5) is 0 Å². The summed E-state index contributed by atoms with van der Waals surface area (Å²) in [5.74, 6) is 0. The van der Waals surface area contributed by atoms with E-state index in [9.17, 15) is 0 Å². The highest BCUT2D eigenvalue weighted by molar-refractivity contribution is 8.32. The molecule has 0 aliphatic heterocycles. The van der Waals surface area contributed by atoms with Gasteiger partial charge in [0.2, 0.25) is 0 Å². The van der Waals surface area contributed by atoms with Gasteiger partial charge >= 0.3 is 0 Å². The van der Waals surface area contributed by atoms with Gasteiger partial charge in [-0.15, -0.1) is 0 Å². The number of benzene rings is 2. The fourth-order valence-electron chi connectivity index (χ4n) is 1.36. The highest BCUT2D eigenvalue weighted by Gasteiger charge is 2.04. The Morgan fingerprint density at radius 2 is 1.00 bits per heavy atom. The van der Waals surface area contributed by atoms with Gasteiger partial charge in [0, 0.05) is 0 Å². The van der Waals surface area contributed by atoms with Gasteiger partial charge in [-0.3, -0.25) is 0 Å². The Balaban J connectivity index is 0.000000316. The van der Waals surface area contributed by atoms with E-state index in [1.807, 2.05) is 32.0 Å². The first-order valence-corrected chi connectivity index (χ1v) is 9.61. The molecule has 0 aromatic heterocycles. The summed E-state index contributed by atoms with van der Waals surface area (Å²) < 4.78 is 0. The molecule has 0 saturated carbocycles. The van der Waals surface area contributed by atoms with E-state index in [0.29, 0.717) is 0 Å². The quantitative estimate of drug-likeness (QED) is 0.621. The molecule has 0 spiro atoms. The zero-order chi connectivity index (χ0) is 14.7. The number of hydrogen-bond acceptors (Lipinski definition) is 0. The predicted molar refractivity (Wildman–Crippen MR) is 92.6 cm³/mol. The lowest BCUT2D eigenvalue weighted by Crippen LogP contribution is -1.91. The van der Waals surface area contributed by atoms with Gasteiger partial charge in [-0.25, -0.2) is 10.0 Å². The van der Waals surface area contributed by atoms with Gasteiger partial charge in [0.15, 0.2) is 0 Å². The largest absolute Gasteiger partial charge is 0.223 e. The number of hydrogen-bond donors (Lipinski definition) is 0. The molecule has 0 unspecified atom stereocenters. The minimum Gasteiger partial charge on any atom is -0.223 e. The highest BCUT2D eigenvalue weighted by Crippen LogP contribution is 2.44. The molecule has 0 fully saturated rings. The molecule has 0 bridgehead atoms. The standard InChI is InChI=1S/C9H14S.C7H8.C2H6/c1-10(2,3)9-7-5-4-6-8-9;1-7-5-3-2-4-6-7;1-2/h4-8H,1-3H3;2-6H,1H3;1-2H3. The molecule has 2 aromatic rings. The van der Waals surface area contributed by atoms with Crippen LogP contribution in [0.2, 0.25) is 0 Å². The maximum atomic E-state index is 2.31. The number of rotatable bonds is 1. The second-order valence-electron chi connectivity index (χ2n) is 4.80. The van der Waals surface area contributed by atoms with Crippen molar-refractivity contribution in [3.05, 3.63) is 66.2 Å². The van der Waals surface area contributed by atoms with E-state index in [0.717, 1.165) is 0 Å². The third kappa shape index (κ3) is 8.50. The smallest absolute Gasteiger partial charge is 0.0106 e. The summed E-state index contributed by atoms with van der Waals surface area (Å²) in [6.45, 7) is 6.08. The fraction of sp³-hybridized carbons (Fsp3) is 0.333. The summed E-state index contributed by atoms with van der Waals surface area (Å²) in [6, 6.07) is 20.9. The van der Waals surface area contributed by atoms with Gasteiger partial charge < -0.3 is 0 Å². The van der Waals surface area contributed by atoms with Crippen molar-refractivity contribution in [2.24, 2.45) is 0 Å². The van der Waals surface area contributed by atoms with Crippen molar-refractivity contribution in [2.45, 2.75) is 25.7 Å².